The number of anilines is 2. The summed E-state index contributed by atoms with van der Waals surface area (Å²) in [4.78, 5) is 30.7. The van der Waals surface area contributed by atoms with Gasteiger partial charge in [-0.3, -0.25) is 0 Å². The standard InChI is InChI=1S/C23H32BrClN6O3/c1-23(2,3)34-22(32)30-9-7-29(8-10-30)20-17-16(11-15(24)18(25)19(17)33-6)26-21(27-20)31-12-14(13-31)28(4)5/h11,14H,7-10,12-13H2,1-6H3. The largest absolute Gasteiger partial charge is 0.494 e. The zero-order valence-corrected chi connectivity index (χ0v) is 22.9. The fourth-order valence-corrected chi connectivity index (χ4v) is 4.74. The van der Waals surface area contributed by atoms with Crippen molar-refractivity contribution in [1.82, 2.24) is 19.8 Å². The van der Waals surface area contributed by atoms with Crippen LogP contribution in [0.1, 0.15) is 20.8 Å². The van der Waals surface area contributed by atoms with E-state index in [9.17, 15) is 4.79 Å². The number of carbonyl (C=O) groups is 1. The highest BCUT2D eigenvalue weighted by Crippen LogP contribution is 2.43. The van der Waals surface area contributed by atoms with Crippen molar-refractivity contribution in [3.05, 3.63) is 15.6 Å². The molecule has 2 aliphatic heterocycles. The predicted molar refractivity (Wildman–Crippen MR) is 139 cm³/mol. The van der Waals surface area contributed by atoms with Gasteiger partial charge in [-0.05, 0) is 56.9 Å². The van der Waals surface area contributed by atoms with E-state index < -0.39 is 5.60 Å². The molecular formula is C23H32BrClN6O3. The van der Waals surface area contributed by atoms with Gasteiger partial charge in [0.1, 0.15) is 11.4 Å². The summed E-state index contributed by atoms with van der Waals surface area (Å²) in [5.41, 5.74) is 0.237. The van der Waals surface area contributed by atoms with Crippen molar-refractivity contribution < 1.29 is 14.3 Å². The minimum atomic E-state index is -0.523. The molecule has 2 saturated heterocycles. The van der Waals surface area contributed by atoms with Crippen LogP contribution in [0.15, 0.2) is 10.5 Å². The summed E-state index contributed by atoms with van der Waals surface area (Å²) in [7, 11) is 5.77. The molecule has 0 spiro atoms. The molecule has 4 rings (SSSR count). The topological polar surface area (TPSA) is 74.3 Å². The Morgan fingerprint density at radius 3 is 2.35 bits per heavy atom. The number of likely N-dealkylation sites (N-methyl/N-ethyl adjacent to an activating group) is 1. The van der Waals surface area contributed by atoms with Gasteiger partial charge >= 0.3 is 6.09 Å². The molecule has 1 amide bonds. The molecule has 2 aliphatic rings. The summed E-state index contributed by atoms with van der Waals surface area (Å²) in [6, 6.07) is 2.39. The molecular weight excluding hydrogens is 524 g/mol. The predicted octanol–water partition coefficient (Wildman–Crippen LogP) is 3.86. The summed E-state index contributed by atoms with van der Waals surface area (Å²) in [5.74, 6) is 1.99. The average molecular weight is 556 g/mol. The van der Waals surface area contributed by atoms with E-state index in [1.807, 2.05) is 26.8 Å². The number of methoxy groups -OCH3 is 1. The van der Waals surface area contributed by atoms with Crippen LogP contribution in [0, 0.1) is 0 Å². The number of carbonyl (C=O) groups excluding carboxylic acids is 1. The second kappa shape index (κ2) is 9.54. The van der Waals surface area contributed by atoms with Crippen molar-refractivity contribution in [3.63, 3.8) is 0 Å². The third-order valence-electron chi connectivity index (χ3n) is 6.12. The first-order chi connectivity index (χ1) is 16.0. The van der Waals surface area contributed by atoms with Gasteiger partial charge in [0, 0.05) is 49.8 Å². The van der Waals surface area contributed by atoms with Gasteiger partial charge in [-0.1, -0.05) is 11.6 Å². The van der Waals surface area contributed by atoms with Gasteiger partial charge in [-0.25, -0.2) is 9.78 Å². The fraction of sp³-hybridized carbons (Fsp3) is 0.609. The van der Waals surface area contributed by atoms with Crippen molar-refractivity contribution >= 4 is 56.3 Å². The molecule has 1 aromatic carbocycles. The first-order valence-corrected chi connectivity index (χ1v) is 12.5. The normalized spacial score (nSPS) is 17.4. The van der Waals surface area contributed by atoms with Crippen LogP contribution in [0.4, 0.5) is 16.6 Å². The van der Waals surface area contributed by atoms with Gasteiger partial charge in [-0.15, -0.1) is 0 Å². The average Bonchev–Trinajstić information content (AvgIpc) is 2.72. The SMILES string of the molecule is COc1c(Cl)c(Br)cc2nc(N3CC(N(C)C)C3)nc(N3CCN(C(=O)OC(C)(C)C)CC3)c12. The number of ether oxygens (including phenoxy) is 2. The number of amides is 1. The number of fused-ring (bicyclic) bond motifs is 1. The number of halogens is 2. The first-order valence-electron chi connectivity index (χ1n) is 11.4. The van der Waals surface area contributed by atoms with Crippen molar-refractivity contribution in [1.29, 1.82) is 0 Å². The van der Waals surface area contributed by atoms with Gasteiger partial charge < -0.3 is 29.1 Å². The van der Waals surface area contributed by atoms with Crippen LogP contribution in [0.2, 0.25) is 5.02 Å². The Morgan fingerprint density at radius 2 is 1.79 bits per heavy atom. The minimum absolute atomic E-state index is 0.291. The maximum Gasteiger partial charge on any atom is 0.410 e. The summed E-state index contributed by atoms with van der Waals surface area (Å²) in [6.45, 7) is 9.67. The number of rotatable bonds is 4. The molecule has 1 aromatic heterocycles. The number of hydrogen-bond acceptors (Lipinski definition) is 8. The van der Waals surface area contributed by atoms with Crippen LogP contribution in [0.5, 0.6) is 5.75 Å². The Hall–Kier alpha value is -2.04. The molecule has 9 nitrogen and oxygen atoms in total. The van der Waals surface area contributed by atoms with Crippen LogP contribution < -0.4 is 14.5 Å². The zero-order valence-electron chi connectivity index (χ0n) is 20.6. The fourth-order valence-electron chi connectivity index (χ4n) is 4.11. The van der Waals surface area contributed by atoms with E-state index in [1.54, 1.807) is 12.0 Å². The van der Waals surface area contributed by atoms with Gasteiger partial charge in [0.15, 0.2) is 5.75 Å². The maximum absolute atomic E-state index is 12.5. The molecule has 34 heavy (non-hydrogen) atoms. The van der Waals surface area contributed by atoms with Gasteiger partial charge in [0.2, 0.25) is 5.95 Å². The Kier molecular flexibility index (Phi) is 7.04. The lowest BCUT2D eigenvalue weighted by molar-refractivity contribution is 0.0240. The first kappa shape index (κ1) is 25.1. The van der Waals surface area contributed by atoms with E-state index in [0.717, 1.165) is 34.3 Å². The third kappa shape index (κ3) is 4.99. The summed E-state index contributed by atoms with van der Waals surface area (Å²) in [5, 5.41) is 1.26. The Balaban J connectivity index is 1.67. The third-order valence-corrected chi connectivity index (χ3v) is 7.35. The van der Waals surface area contributed by atoms with Crippen molar-refractivity contribution in [2.45, 2.75) is 32.4 Å². The number of benzene rings is 1. The van der Waals surface area contributed by atoms with Crippen LogP contribution in [-0.4, -0.2) is 98.0 Å². The van der Waals surface area contributed by atoms with E-state index in [4.69, 9.17) is 31.0 Å². The molecule has 186 valence electrons. The van der Waals surface area contributed by atoms with Crippen molar-refractivity contribution in [3.8, 4) is 5.75 Å². The monoisotopic (exact) mass is 554 g/mol. The highest BCUT2D eigenvalue weighted by molar-refractivity contribution is 9.10. The van der Waals surface area contributed by atoms with Crippen LogP contribution in [-0.2, 0) is 4.74 Å². The maximum atomic E-state index is 12.5. The molecule has 0 atom stereocenters. The van der Waals surface area contributed by atoms with E-state index >= 15 is 0 Å². The lowest BCUT2D eigenvalue weighted by Gasteiger charge is -2.43. The lowest BCUT2D eigenvalue weighted by atomic mass is 10.1. The van der Waals surface area contributed by atoms with Gasteiger partial charge in [0.05, 0.1) is 23.0 Å². The number of nitrogens with zero attached hydrogens (tertiary/aromatic N) is 6. The Labute approximate surface area is 214 Å². The second-order valence-corrected chi connectivity index (χ2v) is 11.2. The number of hydrogen-bond donors (Lipinski definition) is 0. The summed E-state index contributed by atoms with van der Waals surface area (Å²) in [6.07, 6.45) is -0.291. The van der Waals surface area contributed by atoms with Crippen molar-refractivity contribution in [2.24, 2.45) is 0 Å². The summed E-state index contributed by atoms with van der Waals surface area (Å²) >= 11 is 10.1. The van der Waals surface area contributed by atoms with Gasteiger partial charge in [0.25, 0.3) is 0 Å². The molecule has 0 N–H and O–H groups in total. The molecule has 0 unspecified atom stereocenters. The molecule has 0 saturated carbocycles. The smallest absolute Gasteiger partial charge is 0.410 e. The molecule has 2 fully saturated rings. The lowest BCUT2D eigenvalue weighted by Crippen LogP contribution is -2.58. The van der Waals surface area contributed by atoms with Crippen molar-refractivity contribution in [2.75, 3.05) is 70.3 Å². The number of aromatic nitrogens is 2. The Bertz CT molecular complexity index is 1080. The van der Waals surface area contributed by atoms with E-state index in [-0.39, 0.29) is 6.09 Å². The second-order valence-electron chi connectivity index (χ2n) is 9.92. The quantitative estimate of drug-likeness (QED) is 0.563. The van der Waals surface area contributed by atoms with Crippen LogP contribution in [0.3, 0.4) is 0 Å². The van der Waals surface area contributed by atoms with E-state index in [0.29, 0.717) is 48.9 Å². The molecule has 3 heterocycles. The Morgan fingerprint density at radius 1 is 1.15 bits per heavy atom. The molecule has 11 heteroatoms. The molecule has 0 aliphatic carbocycles. The molecule has 0 radical (unpaired) electrons. The molecule has 0 bridgehead atoms. The molecule has 2 aromatic rings. The van der Waals surface area contributed by atoms with Crippen LogP contribution in [0.25, 0.3) is 10.9 Å². The minimum Gasteiger partial charge on any atom is -0.494 e. The summed E-state index contributed by atoms with van der Waals surface area (Å²) < 4.78 is 12.0. The number of piperazine rings is 1. The van der Waals surface area contributed by atoms with E-state index in [1.165, 1.54) is 0 Å². The van der Waals surface area contributed by atoms with Gasteiger partial charge in [-0.2, -0.15) is 4.98 Å². The highest BCUT2D eigenvalue weighted by Gasteiger charge is 2.33. The zero-order chi connectivity index (χ0) is 24.8. The van der Waals surface area contributed by atoms with Crippen LogP contribution >= 0.6 is 27.5 Å². The highest BCUT2D eigenvalue weighted by atomic mass is 79.9. The van der Waals surface area contributed by atoms with E-state index in [2.05, 4.69) is 44.7 Å².